The lowest BCUT2D eigenvalue weighted by Gasteiger charge is -2.23. The summed E-state index contributed by atoms with van der Waals surface area (Å²) in [5.74, 6) is 0. The summed E-state index contributed by atoms with van der Waals surface area (Å²) < 4.78 is 0. The van der Waals surface area contributed by atoms with E-state index in [2.05, 4.69) is 63.6 Å². The number of rotatable bonds is 3. The standard InChI is InChI=1S/C21H24N4S2/c1-14(24-25-21(26)22-16-7-3-2-4-8-16)15-11-12-20-18(13-15)23-17-9-5-6-10-19(17)27-20/h5-6,9-13,16,23H,2-4,7-8H2,1H3,(H2,22,25,26)/b24-14+. The van der Waals surface area contributed by atoms with Crippen LogP contribution in [-0.2, 0) is 0 Å². The monoisotopic (exact) mass is 396 g/mol. The molecule has 0 saturated heterocycles. The molecule has 1 saturated carbocycles. The fourth-order valence-corrected chi connectivity index (χ4v) is 4.71. The van der Waals surface area contributed by atoms with Crippen LogP contribution in [0.1, 0.15) is 44.6 Å². The Balaban J connectivity index is 1.41. The average molecular weight is 397 g/mol. The molecule has 0 amide bonds. The molecule has 4 rings (SSSR count). The lowest BCUT2D eigenvalue weighted by Crippen LogP contribution is -2.41. The molecule has 3 N–H and O–H groups in total. The second kappa shape index (κ2) is 8.31. The third kappa shape index (κ3) is 4.45. The number of benzene rings is 2. The number of hydrazone groups is 1. The van der Waals surface area contributed by atoms with Gasteiger partial charge in [0.05, 0.1) is 17.1 Å². The van der Waals surface area contributed by atoms with E-state index in [-0.39, 0.29) is 0 Å². The molecule has 1 aliphatic heterocycles. The molecule has 0 atom stereocenters. The van der Waals surface area contributed by atoms with E-state index in [1.165, 1.54) is 41.9 Å². The van der Waals surface area contributed by atoms with Crippen LogP contribution in [0, 0.1) is 0 Å². The van der Waals surface area contributed by atoms with Crippen LogP contribution in [0.4, 0.5) is 11.4 Å². The number of nitrogens with zero attached hydrogens (tertiary/aromatic N) is 1. The Hall–Kier alpha value is -2.05. The Bertz CT molecular complexity index is 872. The number of nitrogens with one attached hydrogen (secondary N) is 3. The number of fused-ring (bicyclic) bond motifs is 2. The predicted molar refractivity (Wildman–Crippen MR) is 118 cm³/mol. The third-order valence-electron chi connectivity index (χ3n) is 5.04. The van der Waals surface area contributed by atoms with Crippen LogP contribution in [0.15, 0.2) is 57.4 Å². The molecule has 140 valence electrons. The first-order chi connectivity index (χ1) is 13.2. The highest BCUT2D eigenvalue weighted by molar-refractivity contribution is 7.99. The van der Waals surface area contributed by atoms with Gasteiger partial charge in [-0.3, -0.25) is 5.43 Å². The highest BCUT2D eigenvalue weighted by Crippen LogP contribution is 2.44. The van der Waals surface area contributed by atoms with Gasteiger partial charge in [0.2, 0.25) is 0 Å². The number of para-hydroxylation sites is 1. The maximum absolute atomic E-state index is 5.40. The molecule has 1 aliphatic carbocycles. The lowest BCUT2D eigenvalue weighted by molar-refractivity contribution is 0.412. The minimum atomic E-state index is 0.485. The first kappa shape index (κ1) is 18.3. The normalized spacial score (nSPS) is 16.7. The summed E-state index contributed by atoms with van der Waals surface area (Å²) in [6.07, 6.45) is 6.29. The van der Waals surface area contributed by atoms with Gasteiger partial charge in [0.1, 0.15) is 0 Å². The molecule has 0 aromatic heterocycles. The van der Waals surface area contributed by atoms with E-state index >= 15 is 0 Å². The smallest absolute Gasteiger partial charge is 0.187 e. The van der Waals surface area contributed by atoms with Crippen LogP contribution >= 0.6 is 24.0 Å². The lowest BCUT2D eigenvalue weighted by atomic mass is 9.96. The summed E-state index contributed by atoms with van der Waals surface area (Å²) in [7, 11) is 0. The number of thiocarbonyl (C=S) groups is 1. The Morgan fingerprint density at radius 3 is 2.70 bits per heavy atom. The first-order valence-corrected chi connectivity index (χ1v) is 10.7. The van der Waals surface area contributed by atoms with Crippen LogP contribution in [0.3, 0.4) is 0 Å². The minimum Gasteiger partial charge on any atom is -0.359 e. The van der Waals surface area contributed by atoms with Gasteiger partial charge in [-0.05, 0) is 61.8 Å². The molecule has 2 aromatic rings. The van der Waals surface area contributed by atoms with Gasteiger partial charge in [-0.25, -0.2) is 0 Å². The van der Waals surface area contributed by atoms with E-state index in [1.807, 2.05) is 6.92 Å². The molecule has 27 heavy (non-hydrogen) atoms. The van der Waals surface area contributed by atoms with Crippen molar-refractivity contribution in [1.82, 2.24) is 10.7 Å². The van der Waals surface area contributed by atoms with Crippen molar-refractivity contribution in [2.24, 2.45) is 5.10 Å². The van der Waals surface area contributed by atoms with Crippen LogP contribution in [-0.4, -0.2) is 16.9 Å². The van der Waals surface area contributed by atoms with Crippen molar-refractivity contribution in [3.63, 3.8) is 0 Å². The number of hydrogen-bond acceptors (Lipinski definition) is 4. The summed E-state index contributed by atoms with van der Waals surface area (Å²) in [5.41, 5.74) is 7.27. The molecule has 4 nitrogen and oxygen atoms in total. The molecule has 0 spiro atoms. The van der Waals surface area contributed by atoms with E-state index in [9.17, 15) is 0 Å². The third-order valence-corrected chi connectivity index (χ3v) is 6.40. The van der Waals surface area contributed by atoms with Crippen LogP contribution in [0.25, 0.3) is 0 Å². The second-order valence-corrected chi connectivity index (χ2v) is 8.54. The Labute approximate surface area is 170 Å². The Kier molecular flexibility index (Phi) is 5.64. The minimum absolute atomic E-state index is 0.485. The topological polar surface area (TPSA) is 48.5 Å². The Morgan fingerprint density at radius 2 is 1.85 bits per heavy atom. The van der Waals surface area contributed by atoms with Gasteiger partial charge >= 0.3 is 0 Å². The molecule has 0 bridgehead atoms. The molecular weight excluding hydrogens is 372 g/mol. The molecule has 1 fully saturated rings. The van der Waals surface area contributed by atoms with Crippen LogP contribution in [0.5, 0.6) is 0 Å². The quantitative estimate of drug-likeness (QED) is 0.314. The summed E-state index contributed by atoms with van der Waals surface area (Å²) in [5, 5.41) is 12.0. The summed E-state index contributed by atoms with van der Waals surface area (Å²) >= 11 is 7.19. The van der Waals surface area contributed by atoms with E-state index in [1.54, 1.807) is 11.8 Å². The average Bonchev–Trinajstić information content (AvgIpc) is 2.70. The maximum atomic E-state index is 5.40. The summed E-state index contributed by atoms with van der Waals surface area (Å²) in [4.78, 5) is 2.48. The van der Waals surface area contributed by atoms with E-state index in [0.717, 1.165) is 22.6 Å². The largest absolute Gasteiger partial charge is 0.359 e. The van der Waals surface area contributed by atoms with Crippen molar-refractivity contribution in [2.75, 3.05) is 5.32 Å². The van der Waals surface area contributed by atoms with E-state index < -0.39 is 0 Å². The van der Waals surface area contributed by atoms with Gasteiger partial charge in [-0.2, -0.15) is 5.10 Å². The van der Waals surface area contributed by atoms with Gasteiger partial charge in [-0.15, -0.1) is 0 Å². The van der Waals surface area contributed by atoms with E-state index in [4.69, 9.17) is 12.2 Å². The van der Waals surface area contributed by atoms with E-state index in [0.29, 0.717) is 11.2 Å². The molecular formula is C21H24N4S2. The second-order valence-electron chi connectivity index (χ2n) is 7.05. The molecule has 2 aromatic carbocycles. The van der Waals surface area contributed by atoms with Gasteiger partial charge in [0.15, 0.2) is 5.11 Å². The zero-order valence-electron chi connectivity index (χ0n) is 15.4. The van der Waals surface area contributed by atoms with Gasteiger partial charge in [-0.1, -0.05) is 49.2 Å². The van der Waals surface area contributed by atoms with Crippen molar-refractivity contribution in [3.05, 3.63) is 48.0 Å². The van der Waals surface area contributed by atoms with Crippen molar-refractivity contribution in [2.45, 2.75) is 54.9 Å². The summed E-state index contributed by atoms with van der Waals surface area (Å²) in [6.45, 7) is 2.00. The SMILES string of the molecule is C/C(=N\NC(=S)NC1CCCCC1)c1ccc2c(c1)Nc1ccccc1S2. The van der Waals surface area contributed by atoms with Gasteiger partial charge in [0.25, 0.3) is 0 Å². The maximum Gasteiger partial charge on any atom is 0.187 e. The highest BCUT2D eigenvalue weighted by atomic mass is 32.2. The molecule has 1 heterocycles. The predicted octanol–water partition coefficient (Wildman–Crippen LogP) is 5.42. The number of anilines is 2. The fourth-order valence-electron chi connectivity index (χ4n) is 3.53. The molecule has 6 heteroatoms. The zero-order chi connectivity index (χ0) is 18.6. The molecule has 2 aliphatic rings. The highest BCUT2D eigenvalue weighted by Gasteiger charge is 2.16. The van der Waals surface area contributed by atoms with Crippen molar-refractivity contribution >= 4 is 46.2 Å². The van der Waals surface area contributed by atoms with Gasteiger partial charge < -0.3 is 10.6 Å². The molecule has 0 radical (unpaired) electrons. The zero-order valence-corrected chi connectivity index (χ0v) is 17.1. The summed E-state index contributed by atoms with van der Waals surface area (Å²) in [6, 6.07) is 15.3. The molecule has 0 unspecified atom stereocenters. The van der Waals surface area contributed by atoms with Crippen molar-refractivity contribution < 1.29 is 0 Å². The first-order valence-electron chi connectivity index (χ1n) is 9.48. The van der Waals surface area contributed by atoms with Crippen molar-refractivity contribution in [3.8, 4) is 0 Å². The van der Waals surface area contributed by atoms with Crippen LogP contribution in [0.2, 0.25) is 0 Å². The van der Waals surface area contributed by atoms with Crippen LogP contribution < -0.4 is 16.1 Å². The number of hydrogen-bond donors (Lipinski definition) is 3. The Morgan fingerprint density at radius 1 is 1.07 bits per heavy atom. The fraction of sp³-hybridized carbons (Fsp3) is 0.333. The van der Waals surface area contributed by atoms with Crippen molar-refractivity contribution in [1.29, 1.82) is 0 Å². The van der Waals surface area contributed by atoms with Gasteiger partial charge in [0, 0.05) is 15.8 Å².